The fraction of sp³-hybridized carbons (Fsp3) is 0.167. The lowest BCUT2D eigenvalue weighted by Gasteiger charge is -2.05. The van der Waals surface area contributed by atoms with Crippen LogP contribution in [0.15, 0.2) is 53.6 Å². The van der Waals surface area contributed by atoms with Crippen molar-refractivity contribution in [2.45, 2.75) is 19.4 Å². The van der Waals surface area contributed by atoms with E-state index in [2.05, 4.69) is 15.8 Å². The number of carbonyl (C=O) groups excluding carboxylic acids is 2. The van der Waals surface area contributed by atoms with Crippen molar-refractivity contribution in [2.75, 3.05) is 0 Å². The molecule has 0 unspecified atom stereocenters. The SMILES string of the molecule is O=C(CCC(=O)N/N=C/c1cc([N+](=O)[O-])ccc1O)NCc1ccccc1. The number of nitrogens with zero attached hydrogens (tertiary/aromatic N) is 2. The van der Waals surface area contributed by atoms with E-state index in [1.54, 1.807) is 0 Å². The van der Waals surface area contributed by atoms with Crippen molar-refractivity contribution in [3.8, 4) is 5.75 Å². The molecule has 0 aliphatic rings. The lowest BCUT2D eigenvalue weighted by Crippen LogP contribution is -2.25. The Morgan fingerprint density at radius 1 is 1.11 bits per heavy atom. The van der Waals surface area contributed by atoms with Crippen molar-refractivity contribution in [1.82, 2.24) is 10.7 Å². The van der Waals surface area contributed by atoms with Gasteiger partial charge in [-0.25, -0.2) is 5.43 Å². The minimum absolute atomic E-state index is 0.00372. The summed E-state index contributed by atoms with van der Waals surface area (Å²) in [6, 6.07) is 12.8. The van der Waals surface area contributed by atoms with Crippen LogP contribution in [0.25, 0.3) is 0 Å². The predicted octanol–water partition coefficient (Wildman–Crippen LogP) is 1.85. The van der Waals surface area contributed by atoms with Crippen molar-refractivity contribution in [1.29, 1.82) is 0 Å². The van der Waals surface area contributed by atoms with Gasteiger partial charge < -0.3 is 10.4 Å². The average molecular weight is 370 g/mol. The van der Waals surface area contributed by atoms with Crippen LogP contribution < -0.4 is 10.7 Å². The zero-order chi connectivity index (χ0) is 19.6. The second kappa shape index (κ2) is 9.66. The van der Waals surface area contributed by atoms with E-state index in [-0.39, 0.29) is 35.7 Å². The van der Waals surface area contributed by atoms with Gasteiger partial charge in [0, 0.05) is 37.1 Å². The summed E-state index contributed by atoms with van der Waals surface area (Å²) in [6.45, 7) is 0.380. The molecule has 140 valence electrons. The molecule has 0 heterocycles. The molecule has 2 aromatic carbocycles. The molecule has 0 radical (unpaired) electrons. The molecule has 0 aliphatic carbocycles. The van der Waals surface area contributed by atoms with Crippen LogP contribution in [-0.2, 0) is 16.1 Å². The monoisotopic (exact) mass is 370 g/mol. The molecule has 0 fully saturated rings. The van der Waals surface area contributed by atoms with Crippen molar-refractivity contribution in [2.24, 2.45) is 5.10 Å². The molecule has 2 amide bonds. The summed E-state index contributed by atoms with van der Waals surface area (Å²) >= 11 is 0. The van der Waals surface area contributed by atoms with E-state index in [0.717, 1.165) is 23.9 Å². The molecular formula is C18H18N4O5. The maximum Gasteiger partial charge on any atom is 0.270 e. The molecular weight excluding hydrogens is 352 g/mol. The lowest BCUT2D eigenvalue weighted by molar-refractivity contribution is -0.384. The first-order chi connectivity index (χ1) is 13.0. The van der Waals surface area contributed by atoms with Crippen LogP contribution in [0, 0.1) is 10.1 Å². The van der Waals surface area contributed by atoms with Gasteiger partial charge in [-0.3, -0.25) is 19.7 Å². The quantitative estimate of drug-likeness (QED) is 0.370. The fourth-order valence-electron chi connectivity index (χ4n) is 2.10. The number of nitrogens with one attached hydrogen (secondary N) is 2. The van der Waals surface area contributed by atoms with Gasteiger partial charge in [0.25, 0.3) is 5.69 Å². The van der Waals surface area contributed by atoms with Gasteiger partial charge in [0.1, 0.15) is 5.75 Å². The molecule has 0 saturated heterocycles. The average Bonchev–Trinajstić information content (AvgIpc) is 2.66. The van der Waals surface area contributed by atoms with Gasteiger partial charge in [-0.15, -0.1) is 0 Å². The summed E-state index contributed by atoms with van der Waals surface area (Å²) in [7, 11) is 0. The maximum absolute atomic E-state index is 11.7. The van der Waals surface area contributed by atoms with Crippen molar-refractivity contribution in [3.63, 3.8) is 0 Å². The largest absolute Gasteiger partial charge is 0.507 e. The number of phenols is 1. The molecule has 0 spiro atoms. The number of benzene rings is 2. The van der Waals surface area contributed by atoms with Crippen LogP contribution in [0.2, 0.25) is 0 Å². The first-order valence-electron chi connectivity index (χ1n) is 8.05. The Morgan fingerprint density at radius 2 is 1.81 bits per heavy atom. The van der Waals surface area contributed by atoms with Crippen molar-refractivity contribution in [3.05, 3.63) is 69.8 Å². The standard InChI is InChI=1S/C18H18N4O5/c23-16-7-6-15(22(26)27)10-14(16)12-20-21-18(25)9-8-17(24)19-11-13-4-2-1-3-5-13/h1-7,10,12,23H,8-9,11H2,(H,19,24)(H,21,25)/b20-12+. The van der Waals surface area contributed by atoms with Gasteiger partial charge in [0.05, 0.1) is 11.1 Å². The number of nitro groups is 1. The van der Waals surface area contributed by atoms with Crippen LogP contribution in [-0.4, -0.2) is 28.1 Å². The number of hydrogen-bond acceptors (Lipinski definition) is 6. The zero-order valence-corrected chi connectivity index (χ0v) is 14.3. The Hall–Kier alpha value is -3.75. The molecule has 9 nitrogen and oxygen atoms in total. The van der Waals surface area contributed by atoms with E-state index in [1.807, 2.05) is 30.3 Å². The molecule has 0 saturated carbocycles. The normalized spacial score (nSPS) is 10.5. The van der Waals surface area contributed by atoms with E-state index in [0.29, 0.717) is 6.54 Å². The number of aromatic hydroxyl groups is 1. The predicted molar refractivity (Wildman–Crippen MR) is 98.0 cm³/mol. The topological polar surface area (TPSA) is 134 Å². The minimum Gasteiger partial charge on any atom is -0.507 e. The Balaban J connectivity index is 1.76. The first kappa shape index (κ1) is 19.6. The zero-order valence-electron chi connectivity index (χ0n) is 14.3. The summed E-state index contributed by atoms with van der Waals surface area (Å²) in [5.41, 5.74) is 3.04. The number of nitro benzene ring substituents is 1. The molecule has 0 bridgehead atoms. The maximum atomic E-state index is 11.7. The highest BCUT2D eigenvalue weighted by molar-refractivity contribution is 5.87. The number of carbonyl (C=O) groups is 2. The van der Waals surface area contributed by atoms with Crippen LogP contribution >= 0.6 is 0 Å². The van der Waals surface area contributed by atoms with E-state index < -0.39 is 10.8 Å². The number of hydrazone groups is 1. The molecule has 27 heavy (non-hydrogen) atoms. The Labute approximate surface area is 154 Å². The van der Waals surface area contributed by atoms with Crippen molar-refractivity contribution < 1.29 is 19.6 Å². The molecule has 9 heteroatoms. The van der Waals surface area contributed by atoms with Gasteiger partial charge in [-0.2, -0.15) is 5.10 Å². The third-order valence-electron chi connectivity index (χ3n) is 3.53. The van der Waals surface area contributed by atoms with Gasteiger partial charge >= 0.3 is 0 Å². The molecule has 3 N–H and O–H groups in total. The summed E-state index contributed by atoms with van der Waals surface area (Å²) in [5, 5.41) is 26.7. The number of hydrogen-bond donors (Lipinski definition) is 3. The second-order valence-electron chi connectivity index (χ2n) is 5.56. The van der Waals surface area contributed by atoms with E-state index in [1.165, 1.54) is 6.07 Å². The van der Waals surface area contributed by atoms with Crippen molar-refractivity contribution >= 4 is 23.7 Å². The molecule has 0 aliphatic heterocycles. The molecule has 2 aromatic rings. The Kier molecular flexibility index (Phi) is 7.00. The Morgan fingerprint density at radius 3 is 2.52 bits per heavy atom. The van der Waals surface area contributed by atoms with Crippen LogP contribution in [0.3, 0.4) is 0 Å². The molecule has 0 atom stereocenters. The summed E-state index contributed by atoms with van der Waals surface area (Å²) in [5.74, 6) is -0.973. The summed E-state index contributed by atoms with van der Waals surface area (Å²) in [6.07, 6.45) is 1.02. The van der Waals surface area contributed by atoms with Crippen LogP contribution in [0.1, 0.15) is 24.0 Å². The Bertz CT molecular complexity index is 852. The molecule has 0 aromatic heterocycles. The first-order valence-corrected chi connectivity index (χ1v) is 8.05. The highest BCUT2D eigenvalue weighted by atomic mass is 16.6. The third-order valence-corrected chi connectivity index (χ3v) is 3.53. The van der Waals surface area contributed by atoms with Gasteiger partial charge in [-0.1, -0.05) is 30.3 Å². The lowest BCUT2D eigenvalue weighted by atomic mass is 10.2. The number of phenolic OH excluding ortho intramolecular Hbond substituents is 1. The van der Waals surface area contributed by atoms with E-state index in [4.69, 9.17) is 0 Å². The van der Waals surface area contributed by atoms with Crippen LogP contribution in [0.5, 0.6) is 5.75 Å². The second-order valence-corrected chi connectivity index (χ2v) is 5.56. The third kappa shape index (κ3) is 6.58. The number of rotatable bonds is 8. The summed E-state index contributed by atoms with van der Waals surface area (Å²) < 4.78 is 0. The highest BCUT2D eigenvalue weighted by Crippen LogP contribution is 2.21. The van der Waals surface area contributed by atoms with Crippen LogP contribution in [0.4, 0.5) is 5.69 Å². The minimum atomic E-state index is -0.608. The highest BCUT2D eigenvalue weighted by Gasteiger charge is 2.09. The number of amides is 2. The number of non-ortho nitro benzene ring substituents is 1. The van der Waals surface area contributed by atoms with E-state index in [9.17, 15) is 24.8 Å². The van der Waals surface area contributed by atoms with Gasteiger partial charge in [0.2, 0.25) is 11.8 Å². The summed E-state index contributed by atoms with van der Waals surface area (Å²) in [4.78, 5) is 33.5. The smallest absolute Gasteiger partial charge is 0.270 e. The van der Waals surface area contributed by atoms with Gasteiger partial charge in [0.15, 0.2) is 0 Å². The molecule has 2 rings (SSSR count). The van der Waals surface area contributed by atoms with E-state index >= 15 is 0 Å². The van der Waals surface area contributed by atoms with Gasteiger partial charge in [-0.05, 0) is 11.6 Å². The fourth-order valence-corrected chi connectivity index (χ4v) is 2.10.